The van der Waals surface area contributed by atoms with E-state index in [1.807, 2.05) is 24.3 Å². The third-order valence-electron chi connectivity index (χ3n) is 7.05. The van der Waals surface area contributed by atoms with Crippen molar-refractivity contribution in [2.24, 2.45) is 5.92 Å². The maximum atomic E-state index is 13.6. The summed E-state index contributed by atoms with van der Waals surface area (Å²) >= 11 is 0. The number of aromatic nitrogens is 2. The number of hydrogen-bond donors (Lipinski definition) is 3. The van der Waals surface area contributed by atoms with Gasteiger partial charge in [0.15, 0.2) is 0 Å². The third-order valence-corrected chi connectivity index (χ3v) is 7.05. The van der Waals surface area contributed by atoms with Crippen molar-refractivity contribution in [3.63, 3.8) is 0 Å². The lowest BCUT2D eigenvalue weighted by molar-refractivity contribution is -0.142. The Bertz CT molecular complexity index is 1680. The van der Waals surface area contributed by atoms with Crippen molar-refractivity contribution < 1.29 is 19.8 Å². The molecule has 8 nitrogen and oxygen atoms in total. The van der Waals surface area contributed by atoms with E-state index in [9.17, 15) is 24.6 Å². The molecular formula is C26H21N3O5. The van der Waals surface area contributed by atoms with Gasteiger partial charge >= 0.3 is 11.9 Å². The van der Waals surface area contributed by atoms with Gasteiger partial charge < -0.3 is 15.5 Å². The molecule has 3 aromatic carbocycles. The van der Waals surface area contributed by atoms with Crippen LogP contribution in [0.2, 0.25) is 0 Å². The van der Waals surface area contributed by atoms with Gasteiger partial charge in [-0.2, -0.15) is 0 Å². The molecule has 170 valence electrons. The first kappa shape index (κ1) is 20.4. The van der Waals surface area contributed by atoms with Crippen molar-refractivity contribution in [3.8, 4) is 0 Å². The number of imidazole rings is 1. The maximum Gasteiger partial charge on any atom is 0.335 e. The summed E-state index contributed by atoms with van der Waals surface area (Å²) in [6.07, 6.45) is 2.85. The number of carbonyl (C=O) groups is 2. The van der Waals surface area contributed by atoms with Crippen molar-refractivity contribution in [1.82, 2.24) is 9.38 Å². The molecule has 1 aliphatic carbocycles. The van der Waals surface area contributed by atoms with Crippen LogP contribution in [0.15, 0.2) is 53.3 Å². The first-order valence-electron chi connectivity index (χ1n) is 11.3. The SMILES string of the molecule is O=C(O)c1ccc2nc3c4ccc(NC5CCC(C(=O)O)CC5)c5cccc(c(=O)n3c2c1)c54. The molecule has 0 radical (unpaired) electrons. The molecule has 2 heterocycles. The van der Waals surface area contributed by atoms with Crippen LogP contribution in [0.5, 0.6) is 0 Å². The molecule has 1 saturated carbocycles. The molecule has 1 aliphatic rings. The third kappa shape index (κ3) is 2.98. The molecule has 0 bridgehead atoms. The van der Waals surface area contributed by atoms with Gasteiger partial charge in [0.25, 0.3) is 5.56 Å². The zero-order valence-electron chi connectivity index (χ0n) is 18.1. The highest BCUT2D eigenvalue weighted by Gasteiger charge is 2.26. The van der Waals surface area contributed by atoms with Crippen LogP contribution in [-0.4, -0.2) is 37.6 Å². The number of fused-ring (bicyclic) bond motifs is 4. The highest BCUT2D eigenvalue weighted by Crippen LogP contribution is 2.35. The number of aromatic carboxylic acids is 1. The van der Waals surface area contributed by atoms with Gasteiger partial charge in [0, 0.05) is 33.3 Å². The van der Waals surface area contributed by atoms with Crippen molar-refractivity contribution >= 4 is 55.9 Å². The van der Waals surface area contributed by atoms with Crippen LogP contribution in [-0.2, 0) is 4.79 Å². The first-order valence-corrected chi connectivity index (χ1v) is 11.3. The Kier molecular flexibility index (Phi) is 4.45. The summed E-state index contributed by atoms with van der Waals surface area (Å²) in [5.41, 5.74) is 2.30. The van der Waals surface area contributed by atoms with Crippen LogP contribution >= 0.6 is 0 Å². The average Bonchev–Trinajstić information content (AvgIpc) is 3.22. The number of carboxylic acids is 2. The fraction of sp³-hybridized carbons (Fsp3) is 0.231. The average molecular weight is 455 g/mol. The molecule has 1 fully saturated rings. The van der Waals surface area contributed by atoms with Gasteiger partial charge in [-0.1, -0.05) is 12.1 Å². The minimum absolute atomic E-state index is 0.101. The van der Waals surface area contributed by atoms with Crippen LogP contribution in [0, 0.1) is 5.92 Å². The zero-order chi connectivity index (χ0) is 23.6. The molecule has 6 rings (SSSR count). The number of nitrogens with one attached hydrogen (secondary N) is 1. The summed E-state index contributed by atoms with van der Waals surface area (Å²) in [6.45, 7) is 0. The number of hydrogen-bond acceptors (Lipinski definition) is 5. The number of nitrogens with zero attached hydrogens (tertiary/aromatic N) is 2. The lowest BCUT2D eigenvalue weighted by Gasteiger charge is -2.28. The van der Waals surface area contributed by atoms with Crippen molar-refractivity contribution in [3.05, 3.63) is 64.4 Å². The maximum absolute atomic E-state index is 13.6. The number of carboxylic acid groups (broad SMARTS) is 2. The summed E-state index contributed by atoms with van der Waals surface area (Å²) in [7, 11) is 0. The van der Waals surface area contributed by atoms with Crippen LogP contribution in [0.25, 0.3) is 38.2 Å². The van der Waals surface area contributed by atoms with Crippen LogP contribution in [0.1, 0.15) is 36.0 Å². The Balaban J connectivity index is 1.52. The normalized spacial score (nSPS) is 18.7. The summed E-state index contributed by atoms with van der Waals surface area (Å²) in [6, 6.07) is 14.3. The van der Waals surface area contributed by atoms with Crippen LogP contribution < -0.4 is 10.9 Å². The Labute approximate surface area is 192 Å². The quantitative estimate of drug-likeness (QED) is 0.368. The standard InChI is InChI=1S/C26H21N3O5/c30-24-18-3-1-2-16-19(27-15-7-4-13(5-8-15)25(31)32)11-9-17(22(16)18)23-28-20-10-6-14(26(33)34)12-21(20)29(23)24/h1-3,6,9-13,15,27H,4-5,7-8H2,(H,31,32)(H,33,34). The van der Waals surface area contributed by atoms with Gasteiger partial charge in [-0.25, -0.2) is 9.78 Å². The molecule has 2 aromatic heterocycles. The number of rotatable bonds is 4. The summed E-state index contributed by atoms with van der Waals surface area (Å²) in [5, 5.41) is 25.3. The van der Waals surface area contributed by atoms with E-state index in [1.165, 1.54) is 16.5 Å². The van der Waals surface area contributed by atoms with Crippen LogP contribution in [0.4, 0.5) is 5.69 Å². The molecule has 3 N–H and O–H groups in total. The molecule has 0 unspecified atom stereocenters. The monoisotopic (exact) mass is 455 g/mol. The largest absolute Gasteiger partial charge is 0.481 e. The van der Waals surface area contributed by atoms with Gasteiger partial charge in [-0.15, -0.1) is 0 Å². The van der Waals surface area contributed by atoms with E-state index in [0.717, 1.165) is 34.7 Å². The predicted octanol–water partition coefficient (Wildman–Crippen LogP) is 4.35. The fourth-order valence-electron chi connectivity index (χ4n) is 5.32. The van der Waals surface area contributed by atoms with E-state index >= 15 is 0 Å². The van der Waals surface area contributed by atoms with E-state index in [0.29, 0.717) is 34.9 Å². The second kappa shape index (κ2) is 7.41. The Morgan fingerprint density at radius 3 is 2.44 bits per heavy atom. The molecule has 5 aromatic rings. The smallest absolute Gasteiger partial charge is 0.335 e. The Morgan fingerprint density at radius 2 is 1.71 bits per heavy atom. The van der Waals surface area contributed by atoms with E-state index in [1.54, 1.807) is 12.1 Å². The highest BCUT2D eigenvalue weighted by molar-refractivity contribution is 6.18. The van der Waals surface area contributed by atoms with E-state index < -0.39 is 11.9 Å². The summed E-state index contributed by atoms with van der Waals surface area (Å²) in [4.78, 5) is 41.0. The van der Waals surface area contributed by atoms with Crippen molar-refractivity contribution in [2.45, 2.75) is 31.7 Å². The number of anilines is 1. The lowest BCUT2D eigenvalue weighted by atomic mass is 9.86. The van der Waals surface area contributed by atoms with Gasteiger partial charge in [0.2, 0.25) is 0 Å². The van der Waals surface area contributed by atoms with E-state index in [-0.39, 0.29) is 23.1 Å². The molecular weight excluding hydrogens is 434 g/mol. The molecule has 8 heteroatoms. The topological polar surface area (TPSA) is 121 Å². The first-order chi connectivity index (χ1) is 16.4. The van der Waals surface area contributed by atoms with Crippen molar-refractivity contribution in [2.75, 3.05) is 5.32 Å². The zero-order valence-corrected chi connectivity index (χ0v) is 18.1. The molecule has 0 amide bonds. The fourth-order valence-corrected chi connectivity index (χ4v) is 5.32. The molecule has 0 atom stereocenters. The molecule has 0 aliphatic heterocycles. The van der Waals surface area contributed by atoms with Gasteiger partial charge in [0.1, 0.15) is 5.65 Å². The van der Waals surface area contributed by atoms with Gasteiger partial charge in [0.05, 0.1) is 22.5 Å². The second-order valence-electron chi connectivity index (χ2n) is 9.00. The summed E-state index contributed by atoms with van der Waals surface area (Å²) in [5.74, 6) is -2.06. The van der Waals surface area contributed by atoms with E-state index in [4.69, 9.17) is 0 Å². The molecule has 0 saturated heterocycles. The van der Waals surface area contributed by atoms with Gasteiger partial charge in [-0.05, 0) is 62.1 Å². The second-order valence-corrected chi connectivity index (χ2v) is 9.00. The van der Waals surface area contributed by atoms with E-state index in [2.05, 4.69) is 10.3 Å². The van der Waals surface area contributed by atoms with Crippen molar-refractivity contribution in [1.29, 1.82) is 0 Å². The summed E-state index contributed by atoms with van der Waals surface area (Å²) < 4.78 is 1.50. The Morgan fingerprint density at radius 1 is 0.941 bits per heavy atom. The molecule has 0 spiro atoms. The minimum Gasteiger partial charge on any atom is -0.481 e. The Hall–Kier alpha value is -4.20. The highest BCUT2D eigenvalue weighted by atomic mass is 16.4. The van der Waals surface area contributed by atoms with Crippen LogP contribution in [0.3, 0.4) is 0 Å². The lowest BCUT2D eigenvalue weighted by Crippen LogP contribution is -2.29. The minimum atomic E-state index is -1.06. The van der Waals surface area contributed by atoms with Gasteiger partial charge in [-0.3, -0.25) is 14.0 Å². The number of benzene rings is 3. The number of pyridine rings is 1. The predicted molar refractivity (Wildman–Crippen MR) is 129 cm³/mol. The molecule has 34 heavy (non-hydrogen) atoms. The number of aliphatic carboxylic acids is 1.